The highest BCUT2D eigenvalue weighted by molar-refractivity contribution is 6.20. The van der Waals surface area contributed by atoms with Crippen molar-refractivity contribution >= 4 is 92.9 Å². The fourth-order valence-corrected chi connectivity index (χ4v) is 8.27. The molecule has 0 aliphatic carbocycles. The molecule has 0 unspecified atom stereocenters. The summed E-state index contributed by atoms with van der Waals surface area (Å²) in [6.45, 7) is 0. The second-order valence-electron chi connectivity index (χ2n) is 13.7. The number of benzene rings is 10. The lowest BCUT2D eigenvalue weighted by Gasteiger charge is -2.27. The minimum Gasteiger partial charge on any atom is -0.455 e. The normalized spacial score (nSPS) is 11.8. The van der Waals surface area contributed by atoms with Crippen LogP contribution in [0.3, 0.4) is 0 Å². The average Bonchev–Trinajstić information content (AvgIpc) is 3.61. The third-order valence-electron chi connectivity index (χ3n) is 10.8. The second-order valence-corrected chi connectivity index (χ2v) is 13.7. The van der Waals surface area contributed by atoms with E-state index in [1.807, 2.05) is 0 Å². The van der Waals surface area contributed by atoms with Gasteiger partial charge in [-0.15, -0.1) is 0 Å². The van der Waals surface area contributed by atoms with Gasteiger partial charge in [-0.3, -0.25) is 0 Å². The van der Waals surface area contributed by atoms with Gasteiger partial charge < -0.3 is 9.32 Å². The summed E-state index contributed by atoms with van der Waals surface area (Å²) in [6.07, 6.45) is 0. The Kier molecular flexibility index (Phi) is 6.28. The van der Waals surface area contributed by atoms with Crippen molar-refractivity contribution in [3.8, 4) is 11.1 Å². The van der Waals surface area contributed by atoms with Gasteiger partial charge in [-0.2, -0.15) is 0 Å². The lowest BCUT2D eigenvalue weighted by atomic mass is 9.97. The molecule has 0 radical (unpaired) electrons. The van der Waals surface area contributed by atoms with Gasteiger partial charge in [0.05, 0.1) is 11.1 Å². The SMILES string of the molecule is c1ccc2c(c1)ccc1cc(-c3ccc(N(c4ccc5ccc6ccccc6c5c4)c4cccc5oc6c7ccccc7ccc6c45)cc3)ccc12. The zero-order valence-electron chi connectivity index (χ0n) is 28.3. The minimum absolute atomic E-state index is 0.875. The number of furan rings is 1. The Morgan fingerprint density at radius 3 is 1.63 bits per heavy atom. The summed E-state index contributed by atoms with van der Waals surface area (Å²) < 4.78 is 6.67. The lowest BCUT2D eigenvalue weighted by molar-refractivity contribution is 0.672. The molecule has 10 aromatic carbocycles. The number of anilines is 3. The first-order chi connectivity index (χ1) is 25.8. The predicted octanol–water partition coefficient (Wildman–Crippen LogP) is 14.5. The summed E-state index contributed by atoms with van der Waals surface area (Å²) in [5, 5.41) is 14.5. The molecular formula is C50H31NO. The van der Waals surface area contributed by atoms with E-state index in [0.29, 0.717) is 0 Å². The number of nitrogens with zero attached hydrogens (tertiary/aromatic N) is 1. The molecule has 0 aliphatic rings. The summed E-state index contributed by atoms with van der Waals surface area (Å²) in [6, 6.07) is 68.1. The average molecular weight is 662 g/mol. The van der Waals surface area contributed by atoms with Gasteiger partial charge in [0.1, 0.15) is 11.2 Å². The van der Waals surface area contributed by atoms with Crippen molar-refractivity contribution in [2.45, 2.75) is 0 Å². The molecule has 0 saturated carbocycles. The number of hydrogen-bond acceptors (Lipinski definition) is 2. The molecule has 52 heavy (non-hydrogen) atoms. The first kappa shape index (κ1) is 28.9. The van der Waals surface area contributed by atoms with Crippen molar-refractivity contribution in [3.05, 3.63) is 188 Å². The summed E-state index contributed by atoms with van der Waals surface area (Å²) in [7, 11) is 0. The Morgan fingerprint density at radius 1 is 0.327 bits per heavy atom. The van der Waals surface area contributed by atoms with E-state index in [0.717, 1.165) is 44.4 Å². The van der Waals surface area contributed by atoms with Crippen LogP contribution in [0.1, 0.15) is 0 Å². The van der Waals surface area contributed by atoms with E-state index < -0.39 is 0 Å². The molecule has 0 saturated heterocycles. The van der Waals surface area contributed by atoms with Gasteiger partial charge in [0.15, 0.2) is 0 Å². The molecule has 0 atom stereocenters. The molecular weight excluding hydrogens is 631 g/mol. The van der Waals surface area contributed by atoms with Crippen LogP contribution >= 0.6 is 0 Å². The largest absolute Gasteiger partial charge is 0.455 e. The zero-order valence-corrected chi connectivity index (χ0v) is 28.3. The fourth-order valence-electron chi connectivity index (χ4n) is 8.27. The number of hydrogen-bond donors (Lipinski definition) is 0. The van der Waals surface area contributed by atoms with Gasteiger partial charge >= 0.3 is 0 Å². The van der Waals surface area contributed by atoms with E-state index in [1.165, 1.54) is 59.6 Å². The standard InChI is InChI=1S/C50H31NO/c1-4-11-41-33(8-1)18-19-38-30-37(24-28-43(38)41)32-20-25-39(26-21-32)51(40-27-22-36-17-16-34-9-2-5-12-42(34)46(36)31-40)47-14-7-15-48-49(47)45-29-23-35-10-3-6-13-44(35)50(45)52-48/h1-31H. The smallest absolute Gasteiger partial charge is 0.143 e. The highest BCUT2D eigenvalue weighted by Crippen LogP contribution is 2.45. The Hall–Kier alpha value is -6.90. The van der Waals surface area contributed by atoms with E-state index >= 15 is 0 Å². The molecule has 0 fully saturated rings. The van der Waals surface area contributed by atoms with E-state index in [-0.39, 0.29) is 0 Å². The lowest BCUT2D eigenvalue weighted by Crippen LogP contribution is -2.10. The fraction of sp³-hybridized carbons (Fsp3) is 0. The van der Waals surface area contributed by atoms with Crippen LogP contribution in [0, 0.1) is 0 Å². The minimum atomic E-state index is 0.875. The number of rotatable bonds is 4. The summed E-state index contributed by atoms with van der Waals surface area (Å²) in [4.78, 5) is 2.39. The quantitative estimate of drug-likeness (QED) is 0.175. The Morgan fingerprint density at radius 2 is 0.865 bits per heavy atom. The highest BCUT2D eigenvalue weighted by atomic mass is 16.3. The molecule has 0 aliphatic heterocycles. The van der Waals surface area contributed by atoms with Crippen LogP contribution in [-0.2, 0) is 0 Å². The van der Waals surface area contributed by atoms with E-state index in [9.17, 15) is 0 Å². The number of fused-ring (bicyclic) bond motifs is 11. The van der Waals surface area contributed by atoms with Crippen molar-refractivity contribution in [1.82, 2.24) is 0 Å². The van der Waals surface area contributed by atoms with Gasteiger partial charge in [-0.05, 0) is 108 Å². The Labute approximate surface area is 300 Å². The molecule has 0 spiro atoms. The Balaban J connectivity index is 1.11. The first-order valence-electron chi connectivity index (χ1n) is 17.8. The topological polar surface area (TPSA) is 16.4 Å². The third kappa shape index (κ3) is 4.44. The van der Waals surface area contributed by atoms with Gasteiger partial charge in [-0.25, -0.2) is 0 Å². The first-order valence-corrected chi connectivity index (χ1v) is 17.8. The van der Waals surface area contributed by atoms with Crippen molar-refractivity contribution in [2.24, 2.45) is 0 Å². The van der Waals surface area contributed by atoms with Gasteiger partial charge in [0, 0.05) is 22.1 Å². The van der Waals surface area contributed by atoms with Crippen molar-refractivity contribution in [2.75, 3.05) is 4.90 Å². The van der Waals surface area contributed by atoms with Gasteiger partial charge in [-0.1, -0.05) is 140 Å². The van der Waals surface area contributed by atoms with Gasteiger partial charge in [0.2, 0.25) is 0 Å². The van der Waals surface area contributed by atoms with E-state index in [1.54, 1.807) is 0 Å². The molecule has 242 valence electrons. The maximum atomic E-state index is 6.67. The molecule has 11 aromatic rings. The van der Waals surface area contributed by atoms with Crippen LogP contribution in [0.2, 0.25) is 0 Å². The monoisotopic (exact) mass is 661 g/mol. The maximum absolute atomic E-state index is 6.67. The van der Waals surface area contributed by atoms with Crippen molar-refractivity contribution < 1.29 is 4.42 Å². The van der Waals surface area contributed by atoms with Crippen LogP contribution in [0.25, 0.3) is 86.9 Å². The second kappa shape index (κ2) is 11.3. The van der Waals surface area contributed by atoms with Gasteiger partial charge in [0.25, 0.3) is 0 Å². The van der Waals surface area contributed by atoms with Crippen LogP contribution in [0.4, 0.5) is 17.1 Å². The maximum Gasteiger partial charge on any atom is 0.143 e. The Bertz CT molecular complexity index is 3190. The zero-order chi connectivity index (χ0) is 34.2. The van der Waals surface area contributed by atoms with E-state index in [2.05, 4.69) is 193 Å². The molecule has 11 rings (SSSR count). The van der Waals surface area contributed by atoms with Crippen LogP contribution < -0.4 is 4.90 Å². The molecule has 0 amide bonds. The third-order valence-corrected chi connectivity index (χ3v) is 10.8. The molecule has 0 N–H and O–H groups in total. The summed E-state index contributed by atoms with van der Waals surface area (Å²) in [5.74, 6) is 0. The summed E-state index contributed by atoms with van der Waals surface area (Å²) >= 11 is 0. The van der Waals surface area contributed by atoms with Crippen LogP contribution in [0.15, 0.2) is 192 Å². The molecule has 1 heterocycles. The van der Waals surface area contributed by atoms with Crippen molar-refractivity contribution in [3.63, 3.8) is 0 Å². The molecule has 0 bridgehead atoms. The van der Waals surface area contributed by atoms with Crippen LogP contribution in [0.5, 0.6) is 0 Å². The molecule has 2 heteroatoms. The molecule has 2 nitrogen and oxygen atoms in total. The predicted molar refractivity (Wildman–Crippen MR) is 221 cm³/mol. The van der Waals surface area contributed by atoms with E-state index in [4.69, 9.17) is 4.42 Å². The summed E-state index contributed by atoms with van der Waals surface area (Å²) in [5.41, 5.74) is 7.44. The highest BCUT2D eigenvalue weighted by Gasteiger charge is 2.21. The van der Waals surface area contributed by atoms with Crippen LogP contribution in [-0.4, -0.2) is 0 Å². The van der Waals surface area contributed by atoms with Crippen molar-refractivity contribution in [1.29, 1.82) is 0 Å². The molecule has 1 aromatic heterocycles.